The lowest BCUT2D eigenvalue weighted by molar-refractivity contribution is -0.141. The molecule has 0 aromatic carbocycles. The van der Waals surface area contributed by atoms with Gasteiger partial charge in [-0.3, -0.25) is 14.4 Å². The Morgan fingerprint density at radius 2 is 2.04 bits per heavy atom. The number of aromatic nitrogens is 2. The molecule has 0 aliphatic carbocycles. The molecule has 1 N–H and O–H groups in total. The zero-order valence-electron chi connectivity index (χ0n) is 13.5. The Labute approximate surface area is 142 Å². The fourth-order valence-corrected chi connectivity index (χ4v) is 2.78. The third-order valence-corrected chi connectivity index (χ3v) is 4.19. The summed E-state index contributed by atoms with van der Waals surface area (Å²) in [7, 11) is 0. The zero-order chi connectivity index (χ0) is 17.9. The molecule has 136 valence electrons. The molecule has 1 saturated heterocycles. The Hall–Kier alpha value is -1.32. The van der Waals surface area contributed by atoms with Gasteiger partial charge in [-0.2, -0.15) is 18.3 Å². The molecule has 1 aliphatic rings. The number of halogens is 4. The highest BCUT2D eigenvalue weighted by molar-refractivity contribution is 6.32. The first-order valence-electron chi connectivity index (χ1n) is 7.58. The summed E-state index contributed by atoms with van der Waals surface area (Å²) in [6.07, 6.45) is -4.65. The van der Waals surface area contributed by atoms with Gasteiger partial charge >= 0.3 is 6.18 Å². The van der Waals surface area contributed by atoms with Crippen molar-refractivity contribution in [1.82, 2.24) is 20.0 Å². The molecule has 10 heteroatoms. The van der Waals surface area contributed by atoms with E-state index in [1.807, 2.05) is 6.92 Å². The zero-order valence-corrected chi connectivity index (χ0v) is 14.2. The lowest BCUT2D eigenvalue weighted by Gasteiger charge is -2.29. The largest absolute Gasteiger partial charge is 0.436 e. The van der Waals surface area contributed by atoms with Crippen molar-refractivity contribution in [3.8, 4) is 0 Å². The molecule has 0 saturated carbocycles. The molecular formula is C14H20ClF3N4O2. The summed E-state index contributed by atoms with van der Waals surface area (Å²) in [5, 5.41) is 5.70. The molecule has 6 nitrogen and oxygen atoms in total. The number of alkyl halides is 3. The number of morpholine rings is 1. The van der Waals surface area contributed by atoms with Crippen LogP contribution in [0.5, 0.6) is 0 Å². The minimum atomic E-state index is -4.65. The standard InChI is InChI=1S/C14H20ClF3N4O2/c1-9(7-21-3-5-24-6-4-21)19-11(23)8-22-10(2)12(15)13(20-22)14(16,17)18/h9H,3-8H2,1-2H3,(H,19,23). The van der Waals surface area contributed by atoms with Gasteiger partial charge in [-0.15, -0.1) is 0 Å². The molecule has 2 rings (SSSR count). The fourth-order valence-electron chi connectivity index (χ4n) is 2.53. The van der Waals surface area contributed by atoms with Gasteiger partial charge in [0.1, 0.15) is 6.54 Å². The Kier molecular flexibility index (Phi) is 6.11. The number of hydrogen-bond acceptors (Lipinski definition) is 4. The van der Waals surface area contributed by atoms with Crippen molar-refractivity contribution >= 4 is 17.5 Å². The van der Waals surface area contributed by atoms with E-state index in [-0.39, 0.29) is 18.3 Å². The van der Waals surface area contributed by atoms with E-state index >= 15 is 0 Å². The normalized spacial score (nSPS) is 17.8. The molecule has 2 heterocycles. The Morgan fingerprint density at radius 1 is 1.42 bits per heavy atom. The van der Waals surface area contributed by atoms with Gasteiger partial charge in [-0.1, -0.05) is 11.6 Å². The predicted octanol–water partition coefficient (Wildman–Crippen LogP) is 1.70. The summed E-state index contributed by atoms with van der Waals surface area (Å²) in [4.78, 5) is 14.2. The molecule has 1 fully saturated rings. The van der Waals surface area contributed by atoms with Crippen molar-refractivity contribution in [3.05, 3.63) is 16.4 Å². The van der Waals surface area contributed by atoms with Crippen LogP contribution in [-0.2, 0) is 22.3 Å². The molecular weight excluding hydrogens is 349 g/mol. The summed E-state index contributed by atoms with van der Waals surface area (Å²) in [6, 6.07) is -0.135. The van der Waals surface area contributed by atoms with E-state index in [0.29, 0.717) is 19.8 Å². The average Bonchev–Trinajstić information content (AvgIpc) is 2.76. The topological polar surface area (TPSA) is 59.4 Å². The van der Waals surface area contributed by atoms with Crippen LogP contribution in [0.4, 0.5) is 13.2 Å². The highest BCUT2D eigenvalue weighted by atomic mass is 35.5. The minimum absolute atomic E-state index is 0.111. The van der Waals surface area contributed by atoms with Gasteiger partial charge in [0, 0.05) is 25.7 Å². The SMILES string of the molecule is Cc1c(Cl)c(C(F)(F)F)nn1CC(=O)NC(C)CN1CCOCC1. The van der Waals surface area contributed by atoms with Crippen molar-refractivity contribution in [3.63, 3.8) is 0 Å². The van der Waals surface area contributed by atoms with E-state index in [0.717, 1.165) is 17.8 Å². The van der Waals surface area contributed by atoms with E-state index in [1.165, 1.54) is 6.92 Å². The van der Waals surface area contributed by atoms with Crippen LogP contribution in [0, 0.1) is 6.92 Å². The van der Waals surface area contributed by atoms with Crippen molar-refractivity contribution in [2.45, 2.75) is 32.6 Å². The lowest BCUT2D eigenvalue weighted by Crippen LogP contribution is -2.46. The van der Waals surface area contributed by atoms with Crippen LogP contribution in [0.1, 0.15) is 18.3 Å². The van der Waals surface area contributed by atoms with Crippen LogP contribution in [0.25, 0.3) is 0 Å². The summed E-state index contributed by atoms with van der Waals surface area (Å²) in [6.45, 7) is 6.49. The quantitative estimate of drug-likeness (QED) is 0.859. The highest BCUT2D eigenvalue weighted by Gasteiger charge is 2.38. The van der Waals surface area contributed by atoms with Gasteiger partial charge in [-0.05, 0) is 13.8 Å². The molecule has 1 aliphatic heterocycles. The van der Waals surface area contributed by atoms with E-state index in [2.05, 4.69) is 15.3 Å². The molecule has 1 aromatic rings. The van der Waals surface area contributed by atoms with E-state index < -0.39 is 22.8 Å². The first-order chi connectivity index (χ1) is 11.2. The third kappa shape index (κ3) is 4.84. The maximum absolute atomic E-state index is 12.8. The maximum Gasteiger partial charge on any atom is 0.436 e. The molecule has 0 bridgehead atoms. The van der Waals surface area contributed by atoms with Crippen LogP contribution in [0.15, 0.2) is 0 Å². The number of carbonyl (C=O) groups is 1. The molecule has 0 radical (unpaired) electrons. The molecule has 0 spiro atoms. The Bertz CT molecular complexity index is 585. The number of ether oxygens (including phenoxy) is 1. The van der Waals surface area contributed by atoms with Gasteiger partial charge < -0.3 is 10.1 Å². The van der Waals surface area contributed by atoms with Crippen molar-refractivity contribution < 1.29 is 22.7 Å². The summed E-state index contributed by atoms with van der Waals surface area (Å²) in [5.41, 5.74) is -1.06. The van der Waals surface area contributed by atoms with Crippen LogP contribution in [0.2, 0.25) is 5.02 Å². The number of rotatable bonds is 5. The number of carbonyl (C=O) groups excluding carboxylic acids is 1. The van der Waals surface area contributed by atoms with Gasteiger partial charge in [0.2, 0.25) is 5.91 Å². The van der Waals surface area contributed by atoms with Gasteiger partial charge in [0.15, 0.2) is 5.69 Å². The van der Waals surface area contributed by atoms with Crippen LogP contribution >= 0.6 is 11.6 Å². The third-order valence-electron chi connectivity index (χ3n) is 3.74. The van der Waals surface area contributed by atoms with Gasteiger partial charge in [0.05, 0.1) is 23.9 Å². The Morgan fingerprint density at radius 3 is 2.58 bits per heavy atom. The first kappa shape index (κ1) is 19.0. The van der Waals surface area contributed by atoms with Crippen LogP contribution in [-0.4, -0.2) is 59.5 Å². The van der Waals surface area contributed by atoms with Crippen LogP contribution in [0.3, 0.4) is 0 Å². The fraction of sp³-hybridized carbons (Fsp3) is 0.714. The van der Waals surface area contributed by atoms with E-state index in [4.69, 9.17) is 16.3 Å². The summed E-state index contributed by atoms with van der Waals surface area (Å²) >= 11 is 5.66. The molecule has 1 atom stereocenters. The molecule has 24 heavy (non-hydrogen) atoms. The van der Waals surface area contributed by atoms with Gasteiger partial charge in [0.25, 0.3) is 0 Å². The summed E-state index contributed by atoms with van der Waals surface area (Å²) in [5.74, 6) is -0.410. The number of amides is 1. The second-order valence-corrected chi connectivity index (χ2v) is 6.16. The molecule has 1 amide bonds. The second-order valence-electron chi connectivity index (χ2n) is 5.78. The smallest absolute Gasteiger partial charge is 0.379 e. The average molecular weight is 369 g/mol. The number of hydrogen-bond donors (Lipinski definition) is 1. The predicted molar refractivity (Wildman–Crippen MR) is 81.8 cm³/mol. The van der Waals surface area contributed by atoms with E-state index in [9.17, 15) is 18.0 Å². The van der Waals surface area contributed by atoms with Crippen LogP contribution < -0.4 is 5.32 Å². The maximum atomic E-state index is 12.8. The van der Waals surface area contributed by atoms with Crippen molar-refractivity contribution in [2.24, 2.45) is 0 Å². The minimum Gasteiger partial charge on any atom is -0.379 e. The number of nitrogens with one attached hydrogen (secondary N) is 1. The summed E-state index contributed by atoms with van der Waals surface area (Å²) < 4.78 is 44.5. The lowest BCUT2D eigenvalue weighted by atomic mass is 10.3. The van der Waals surface area contributed by atoms with Gasteiger partial charge in [-0.25, -0.2) is 0 Å². The van der Waals surface area contributed by atoms with Crippen molar-refractivity contribution in [1.29, 1.82) is 0 Å². The number of nitrogens with zero attached hydrogens (tertiary/aromatic N) is 3. The van der Waals surface area contributed by atoms with Crippen molar-refractivity contribution in [2.75, 3.05) is 32.8 Å². The highest BCUT2D eigenvalue weighted by Crippen LogP contribution is 2.35. The second kappa shape index (κ2) is 7.71. The Balaban J connectivity index is 1.92. The molecule has 1 aromatic heterocycles. The first-order valence-corrected chi connectivity index (χ1v) is 7.96. The molecule has 1 unspecified atom stereocenters. The monoisotopic (exact) mass is 368 g/mol. The van der Waals surface area contributed by atoms with E-state index in [1.54, 1.807) is 0 Å².